The fraction of sp³-hybridized carbons (Fsp3) is 0.522. The molecule has 8 heterocycles. The van der Waals surface area contributed by atoms with Crippen LogP contribution in [0.2, 0.25) is 0 Å². The van der Waals surface area contributed by atoms with Crippen molar-refractivity contribution in [2.45, 2.75) is 101 Å². The number of aromatic nitrogens is 7. The van der Waals surface area contributed by atoms with Crippen molar-refractivity contribution < 1.29 is 27.8 Å². The molecule has 5 aliphatic rings. The highest BCUT2D eigenvalue weighted by molar-refractivity contribution is 6.02. The molecular weight excluding hydrogens is 811 g/mol. The van der Waals surface area contributed by atoms with E-state index < -0.39 is 12.5 Å². The lowest BCUT2D eigenvalue weighted by Crippen LogP contribution is -2.40. The largest absolute Gasteiger partial charge is 0.374 e. The van der Waals surface area contributed by atoms with Gasteiger partial charge in [0, 0.05) is 63.3 Å². The van der Waals surface area contributed by atoms with Gasteiger partial charge in [-0.1, -0.05) is 24.5 Å². The second-order valence-corrected chi connectivity index (χ2v) is 17.8. The molecule has 1 amide bonds. The molecule has 5 fully saturated rings. The Hall–Kier alpha value is -5.70. The number of hydrogen-bond donors (Lipinski definition) is 1. The summed E-state index contributed by atoms with van der Waals surface area (Å²) in [6, 6.07) is 7.15. The molecule has 15 nitrogen and oxygen atoms in total. The number of likely N-dealkylation sites (tertiary alicyclic amines) is 1. The maximum atomic E-state index is 14.3. The zero-order valence-electron chi connectivity index (χ0n) is 35.4. The van der Waals surface area contributed by atoms with E-state index in [-0.39, 0.29) is 66.0 Å². The van der Waals surface area contributed by atoms with Crippen LogP contribution >= 0.6 is 0 Å². The zero-order valence-corrected chi connectivity index (χ0v) is 35.4. The standard InChI is InChI=1S/C46H52F2N10O5/c1-28-8-13-38(45(60)50-28)58-37-7-3-5-30(42(37)53(2)46(58)61)6-4-20-62-34-14-17-54(18-15-34)24-29-9-11-32(12-10-29)57-25-31(41(52-57)43(47)48)21-39(59)36-23-49-56-19-16-40(51-44(36)56)55-26-35-22-33(55)27-63-35/h3,5,7,16,19,23,25,29,32-35,38,43H,1,8-15,17-18,20-22,24,26-27H2,2H3,(H,50,60)/t29?,32?,33-,35-,38+/m1/s1. The van der Waals surface area contributed by atoms with Gasteiger partial charge < -0.3 is 24.6 Å². The van der Waals surface area contributed by atoms with Gasteiger partial charge in [-0.25, -0.2) is 23.1 Å². The summed E-state index contributed by atoms with van der Waals surface area (Å²) in [5.41, 5.74) is 3.13. The Kier molecular flexibility index (Phi) is 11.2. The Labute approximate surface area is 363 Å². The van der Waals surface area contributed by atoms with Crippen molar-refractivity contribution in [1.29, 1.82) is 0 Å². The van der Waals surface area contributed by atoms with Gasteiger partial charge in [-0.3, -0.25) is 23.4 Å². The molecule has 1 saturated carbocycles. The van der Waals surface area contributed by atoms with Crippen LogP contribution in [0.1, 0.15) is 103 Å². The quantitative estimate of drug-likeness (QED) is 0.140. The van der Waals surface area contributed by atoms with Crippen LogP contribution in [0.15, 0.2) is 59.9 Å². The SMILES string of the molecule is C=C1CC[C@H](n2c(=O)n(C)c3c(C#CCOC4CCN(CC5CCC(n6cc(CC(=O)c7cnn8ccc(N9C[C@H]%10C[C@@H]9CO%10)nc78)c(C(F)F)n6)CC5)CC4)cccc32)C(=O)N1. The molecule has 330 valence electrons. The lowest BCUT2D eigenvalue weighted by Gasteiger charge is -2.36. The first-order valence-electron chi connectivity index (χ1n) is 22.2. The minimum atomic E-state index is -2.80. The molecule has 17 heteroatoms. The van der Waals surface area contributed by atoms with Crippen LogP contribution in [0.25, 0.3) is 16.7 Å². The predicted molar refractivity (Wildman–Crippen MR) is 230 cm³/mol. The van der Waals surface area contributed by atoms with Gasteiger partial charge in [0.2, 0.25) is 5.91 Å². The molecular formula is C46H52F2N10O5. The van der Waals surface area contributed by atoms with Crippen LogP contribution in [0.3, 0.4) is 0 Å². The monoisotopic (exact) mass is 862 g/mol. The fourth-order valence-electron chi connectivity index (χ4n) is 10.5. The van der Waals surface area contributed by atoms with E-state index in [9.17, 15) is 23.2 Å². The van der Waals surface area contributed by atoms with Crippen LogP contribution in [-0.2, 0) is 27.7 Å². The molecule has 63 heavy (non-hydrogen) atoms. The Balaban J connectivity index is 0.700. The van der Waals surface area contributed by atoms with Gasteiger partial charge in [-0.05, 0) is 81.9 Å². The lowest BCUT2D eigenvalue weighted by atomic mass is 9.85. The third-order valence-corrected chi connectivity index (χ3v) is 13.8. The molecule has 4 aliphatic heterocycles. The number of anilines is 1. The highest BCUT2D eigenvalue weighted by atomic mass is 19.3. The number of aryl methyl sites for hydroxylation is 1. The minimum Gasteiger partial charge on any atom is -0.374 e. The van der Waals surface area contributed by atoms with Crippen LogP contribution in [-0.4, -0.2) is 108 Å². The van der Waals surface area contributed by atoms with Crippen molar-refractivity contribution >= 4 is 34.2 Å². The summed E-state index contributed by atoms with van der Waals surface area (Å²) < 4.78 is 47.0. The van der Waals surface area contributed by atoms with E-state index in [2.05, 4.69) is 43.7 Å². The number of fused-ring (bicyclic) bond motifs is 4. The zero-order chi connectivity index (χ0) is 43.4. The number of halogens is 2. The average molecular weight is 863 g/mol. The number of allylic oxidation sites excluding steroid dienone is 1. The van der Waals surface area contributed by atoms with Crippen LogP contribution < -0.4 is 15.9 Å². The Morgan fingerprint density at radius 1 is 1.08 bits per heavy atom. The van der Waals surface area contributed by atoms with Crippen molar-refractivity contribution in [3.63, 3.8) is 0 Å². The number of amides is 1. The van der Waals surface area contributed by atoms with Gasteiger partial charge in [0.05, 0.1) is 59.3 Å². The molecule has 0 radical (unpaired) electrons. The van der Waals surface area contributed by atoms with Crippen molar-refractivity contribution in [1.82, 2.24) is 43.7 Å². The van der Waals surface area contributed by atoms with Gasteiger partial charge in [0.25, 0.3) is 6.43 Å². The van der Waals surface area contributed by atoms with E-state index >= 15 is 0 Å². The predicted octanol–water partition coefficient (Wildman–Crippen LogP) is 5.15. The molecule has 2 bridgehead atoms. The highest BCUT2D eigenvalue weighted by Gasteiger charge is 2.40. The number of rotatable bonds is 11. The lowest BCUT2D eigenvalue weighted by molar-refractivity contribution is -0.124. The minimum absolute atomic E-state index is 0.000135. The number of para-hydroxylation sites is 1. The number of carbonyl (C=O) groups is 2. The number of alkyl halides is 2. The summed E-state index contributed by atoms with van der Waals surface area (Å²) in [5, 5.41) is 11.5. The number of imidazole rings is 1. The van der Waals surface area contributed by atoms with E-state index in [0.717, 1.165) is 76.9 Å². The van der Waals surface area contributed by atoms with Crippen LogP contribution in [0.5, 0.6) is 0 Å². The van der Waals surface area contributed by atoms with Gasteiger partial charge in [0.1, 0.15) is 24.2 Å². The Morgan fingerprint density at radius 2 is 1.90 bits per heavy atom. The number of piperidine rings is 2. The van der Waals surface area contributed by atoms with E-state index in [4.69, 9.17) is 14.5 Å². The normalized spacial score (nSPS) is 24.4. The van der Waals surface area contributed by atoms with Crippen molar-refractivity contribution in [2.75, 3.05) is 44.3 Å². The molecule has 3 atom stereocenters. The Bertz CT molecular complexity index is 2690. The first-order valence-corrected chi connectivity index (χ1v) is 22.2. The maximum absolute atomic E-state index is 14.3. The van der Waals surface area contributed by atoms with E-state index in [1.807, 2.05) is 24.3 Å². The number of morpholine rings is 1. The smallest absolute Gasteiger partial charge is 0.329 e. The van der Waals surface area contributed by atoms with E-state index in [1.54, 1.807) is 37.8 Å². The van der Waals surface area contributed by atoms with Crippen molar-refractivity contribution in [3.05, 3.63) is 88.0 Å². The van der Waals surface area contributed by atoms with Crippen molar-refractivity contribution in [3.8, 4) is 11.8 Å². The summed E-state index contributed by atoms with van der Waals surface area (Å²) in [5.74, 6) is 7.09. The summed E-state index contributed by atoms with van der Waals surface area (Å²) in [4.78, 5) is 49.2. The molecule has 10 rings (SSSR count). The van der Waals surface area contributed by atoms with E-state index in [0.29, 0.717) is 58.9 Å². The first-order chi connectivity index (χ1) is 30.6. The molecule has 1 N–H and O–H groups in total. The number of carbonyl (C=O) groups excluding carboxylic acids is 2. The summed E-state index contributed by atoms with van der Waals surface area (Å²) >= 11 is 0. The Morgan fingerprint density at radius 3 is 2.65 bits per heavy atom. The number of ether oxygens (including phenoxy) is 2. The molecule has 4 saturated heterocycles. The van der Waals surface area contributed by atoms with Gasteiger partial charge in [-0.15, -0.1) is 0 Å². The molecule has 1 aromatic carbocycles. The number of hydrogen-bond acceptors (Lipinski definition) is 10. The molecule has 0 unspecified atom stereocenters. The summed E-state index contributed by atoms with van der Waals surface area (Å²) in [7, 11) is 1.71. The first kappa shape index (κ1) is 41.3. The topological polar surface area (TPSA) is 146 Å². The van der Waals surface area contributed by atoms with Gasteiger partial charge in [0.15, 0.2) is 11.4 Å². The number of benzene rings is 1. The molecule has 4 aromatic heterocycles. The third kappa shape index (κ3) is 8.08. The molecule has 5 aromatic rings. The second-order valence-electron chi connectivity index (χ2n) is 17.8. The molecule has 1 aliphatic carbocycles. The van der Waals surface area contributed by atoms with Gasteiger partial charge in [-0.2, -0.15) is 10.2 Å². The maximum Gasteiger partial charge on any atom is 0.329 e. The van der Waals surface area contributed by atoms with Gasteiger partial charge >= 0.3 is 5.69 Å². The number of nitrogens with zero attached hydrogens (tertiary/aromatic N) is 9. The summed E-state index contributed by atoms with van der Waals surface area (Å²) in [6.45, 7) is 8.39. The summed E-state index contributed by atoms with van der Waals surface area (Å²) in [6.07, 6.45) is 9.75. The molecule has 0 spiro atoms. The average Bonchev–Trinajstić information content (AvgIpc) is 4.13. The number of ketones is 1. The highest BCUT2D eigenvalue weighted by Crippen LogP contribution is 2.36. The number of Topliss-reactive ketones (excluding diaryl/α,β-unsaturated/α-hetero) is 1. The van der Waals surface area contributed by atoms with Crippen molar-refractivity contribution in [2.24, 2.45) is 13.0 Å². The van der Waals surface area contributed by atoms with E-state index in [1.165, 1.54) is 6.20 Å². The fourth-order valence-corrected chi connectivity index (χ4v) is 10.5. The van der Waals surface area contributed by atoms with Crippen LogP contribution in [0.4, 0.5) is 14.6 Å². The number of nitrogens with one attached hydrogen (secondary N) is 1. The second kappa shape index (κ2) is 17.1. The van der Waals surface area contributed by atoms with Crippen LogP contribution in [0, 0.1) is 17.8 Å². The third-order valence-electron chi connectivity index (χ3n) is 13.8.